The summed E-state index contributed by atoms with van der Waals surface area (Å²) in [5.74, 6) is 0. The number of allylic oxidation sites excluding steroid dienone is 2. The molecule has 0 bridgehead atoms. The molecule has 2 nitrogen and oxygen atoms in total. The van der Waals surface area contributed by atoms with Crippen LogP contribution in [0.5, 0.6) is 0 Å². The second-order valence-corrected chi connectivity index (χ2v) is 6.11. The van der Waals surface area contributed by atoms with Gasteiger partial charge >= 0.3 is 130 Å². The summed E-state index contributed by atoms with van der Waals surface area (Å²) in [5, 5.41) is 0. The SMILES string of the molecule is CN(C)c1ccc(/C=C/C=C/C(=[Se])N2CCCC2)cc1. The van der Waals surface area contributed by atoms with Gasteiger partial charge in [0.1, 0.15) is 0 Å². The average Bonchev–Trinajstić information content (AvgIpc) is 2.98. The van der Waals surface area contributed by atoms with Crippen molar-refractivity contribution < 1.29 is 0 Å². The standard InChI is InChI=1S/C17H22N2Se/c1-18(2)16-11-9-15(10-12-16)7-3-4-8-17(20)19-13-5-6-14-19/h3-4,7-12H,5-6,13-14H2,1-2H3/b7-3+,8-4+. The number of hydrogen-bond acceptors (Lipinski definition) is 2. The average molecular weight is 333 g/mol. The van der Waals surface area contributed by atoms with Gasteiger partial charge in [0, 0.05) is 0 Å². The van der Waals surface area contributed by atoms with Gasteiger partial charge in [-0.05, 0) is 0 Å². The van der Waals surface area contributed by atoms with E-state index >= 15 is 0 Å². The third kappa shape index (κ3) is 4.36. The summed E-state index contributed by atoms with van der Waals surface area (Å²) < 4.78 is 1.25. The molecule has 0 N–H and O–H groups in total. The fourth-order valence-electron chi connectivity index (χ4n) is 2.23. The summed E-state index contributed by atoms with van der Waals surface area (Å²) in [6.45, 7) is 2.37. The maximum absolute atomic E-state index is 3.15. The summed E-state index contributed by atoms with van der Waals surface area (Å²) in [7, 11) is 4.11. The van der Waals surface area contributed by atoms with Crippen molar-refractivity contribution in [2.45, 2.75) is 12.8 Å². The number of anilines is 1. The van der Waals surface area contributed by atoms with Crippen molar-refractivity contribution in [1.29, 1.82) is 0 Å². The monoisotopic (exact) mass is 334 g/mol. The van der Waals surface area contributed by atoms with Crippen LogP contribution in [0, 0.1) is 0 Å². The topological polar surface area (TPSA) is 6.48 Å². The molecule has 0 radical (unpaired) electrons. The molecule has 0 unspecified atom stereocenters. The molecule has 1 saturated heterocycles. The van der Waals surface area contributed by atoms with Crippen molar-refractivity contribution in [3.63, 3.8) is 0 Å². The summed E-state index contributed by atoms with van der Waals surface area (Å²) in [5.41, 5.74) is 2.45. The molecule has 1 heterocycles. The Hall–Kier alpha value is -1.31. The van der Waals surface area contributed by atoms with Crippen LogP contribution in [-0.2, 0) is 0 Å². The van der Waals surface area contributed by atoms with Crippen molar-refractivity contribution in [3.05, 3.63) is 48.1 Å². The van der Waals surface area contributed by atoms with Crippen LogP contribution in [0.3, 0.4) is 0 Å². The second-order valence-electron chi connectivity index (χ2n) is 5.24. The Labute approximate surface area is 130 Å². The molecule has 3 heteroatoms. The summed E-state index contributed by atoms with van der Waals surface area (Å²) in [6, 6.07) is 8.56. The predicted octanol–water partition coefficient (Wildman–Crippen LogP) is 2.72. The first-order valence-corrected chi connectivity index (χ1v) is 7.93. The molecule has 1 fully saturated rings. The number of hydrogen-bond donors (Lipinski definition) is 0. The molecular formula is C17H22N2Se. The van der Waals surface area contributed by atoms with Crippen molar-refractivity contribution in [2.24, 2.45) is 0 Å². The normalized spacial score (nSPS) is 15.4. The van der Waals surface area contributed by atoms with Gasteiger partial charge in [0.2, 0.25) is 0 Å². The van der Waals surface area contributed by atoms with E-state index in [0.29, 0.717) is 0 Å². The molecule has 1 aromatic rings. The first-order valence-electron chi connectivity index (χ1n) is 7.08. The Morgan fingerprint density at radius 3 is 2.35 bits per heavy atom. The zero-order chi connectivity index (χ0) is 14.4. The molecule has 1 aliphatic rings. The van der Waals surface area contributed by atoms with Crippen molar-refractivity contribution in [1.82, 2.24) is 4.90 Å². The first-order chi connectivity index (χ1) is 9.66. The van der Waals surface area contributed by atoms with Crippen LogP contribution in [-0.4, -0.2) is 52.2 Å². The van der Waals surface area contributed by atoms with Gasteiger partial charge in [-0.1, -0.05) is 0 Å². The van der Waals surface area contributed by atoms with E-state index < -0.39 is 0 Å². The van der Waals surface area contributed by atoms with Crippen molar-refractivity contribution in [3.8, 4) is 0 Å². The van der Waals surface area contributed by atoms with Gasteiger partial charge in [0.05, 0.1) is 0 Å². The summed E-state index contributed by atoms with van der Waals surface area (Å²) in [6.07, 6.45) is 11.1. The molecular weight excluding hydrogens is 311 g/mol. The molecule has 0 saturated carbocycles. The van der Waals surface area contributed by atoms with E-state index in [0.717, 1.165) is 0 Å². The fraction of sp³-hybridized carbons (Fsp3) is 0.353. The van der Waals surface area contributed by atoms with Gasteiger partial charge in [-0.2, -0.15) is 0 Å². The minimum atomic E-state index is 1.18. The first kappa shape index (κ1) is 15.1. The van der Waals surface area contributed by atoms with E-state index in [4.69, 9.17) is 0 Å². The number of nitrogens with zero attached hydrogens (tertiary/aromatic N) is 2. The third-order valence-electron chi connectivity index (χ3n) is 3.47. The molecule has 20 heavy (non-hydrogen) atoms. The number of benzene rings is 1. The molecule has 0 aliphatic carbocycles. The van der Waals surface area contributed by atoms with Crippen LogP contribution in [0.2, 0.25) is 0 Å². The Morgan fingerprint density at radius 1 is 1.10 bits per heavy atom. The van der Waals surface area contributed by atoms with Crippen LogP contribution in [0.25, 0.3) is 6.08 Å². The van der Waals surface area contributed by atoms with Crippen LogP contribution >= 0.6 is 0 Å². The van der Waals surface area contributed by atoms with Crippen LogP contribution in [0.4, 0.5) is 5.69 Å². The van der Waals surface area contributed by atoms with Crippen LogP contribution < -0.4 is 4.90 Å². The second kappa shape index (κ2) is 7.47. The molecule has 0 aromatic heterocycles. The summed E-state index contributed by atoms with van der Waals surface area (Å²) >= 11 is 3.15. The third-order valence-corrected chi connectivity index (χ3v) is 4.29. The molecule has 0 atom stereocenters. The van der Waals surface area contributed by atoms with E-state index in [-0.39, 0.29) is 0 Å². The Balaban J connectivity index is 1.87. The van der Waals surface area contributed by atoms with Gasteiger partial charge in [-0.15, -0.1) is 0 Å². The molecule has 1 aromatic carbocycles. The van der Waals surface area contributed by atoms with Crippen LogP contribution in [0.15, 0.2) is 42.5 Å². The van der Waals surface area contributed by atoms with Gasteiger partial charge in [-0.3, -0.25) is 0 Å². The van der Waals surface area contributed by atoms with E-state index in [2.05, 4.69) is 88.0 Å². The zero-order valence-electron chi connectivity index (χ0n) is 12.2. The van der Waals surface area contributed by atoms with E-state index in [9.17, 15) is 0 Å². The Kier molecular flexibility index (Phi) is 5.63. The molecule has 1 aliphatic heterocycles. The number of rotatable bonds is 5. The Bertz CT molecular complexity index is 494. The minimum absolute atomic E-state index is 1.18. The molecule has 106 valence electrons. The quantitative estimate of drug-likeness (QED) is 0.604. The van der Waals surface area contributed by atoms with E-state index in [1.165, 1.54) is 41.7 Å². The van der Waals surface area contributed by atoms with Crippen LogP contribution in [0.1, 0.15) is 18.4 Å². The molecule has 2 rings (SSSR count). The van der Waals surface area contributed by atoms with Gasteiger partial charge in [-0.25, -0.2) is 0 Å². The van der Waals surface area contributed by atoms with E-state index in [1.807, 2.05) is 0 Å². The molecule has 0 amide bonds. The Morgan fingerprint density at radius 2 is 1.75 bits per heavy atom. The van der Waals surface area contributed by atoms with Gasteiger partial charge < -0.3 is 0 Å². The van der Waals surface area contributed by atoms with Gasteiger partial charge in [0.15, 0.2) is 0 Å². The number of likely N-dealkylation sites (tertiary alicyclic amines) is 1. The summed E-state index contributed by atoms with van der Waals surface area (Å²) in [4.78, 5) is 4.51. The fourth-order valence-corrected chi connectivity index (χ4v) is 2.78. The zero-order valence-corrected chi connectivity index (χ0v) is 14.0. The maximum atomic E-state index is 3.15. The van der Waals surface area contributed by atoms with Crippen molar-refractivity contribution in [2.75, 3.05) is 32.1 Å². The predicted molar refractivity (Wildman–Crippen MR) is 90.5 cm³/mol. The molecule has 0 spiro atoms. The van der Waals surface area contributed by atoms with Crippen molar-refractivity contribution >= 4 is 31.9 Å². The van der Waals surface area contributed by atoms with Gasteiger partial charge in [0.25, 0.3) is 0 Å². The van der Waals surface area contributed by atoms with E-state index in [1.54, 1.807) is 0 Å².